The summed E-state index contributed by atoms with van der Waals surface area (Å²) in [6.45, 7) is 1.55. The fraction of sp³-hybridized carbons (Fsp3) is 0.280. The summed E-state index contributed by atoms with van der Waals surface area (Å²) < 4.78 is 11.4. The van der Waals surface area contributed by atoms with Gasteiger partial charge < -0.3 is 24.3 Å². The molecular formula is C25H28BrN3O4. The fourth-order valence-electron chi connectivity index (χ4n) is 3.30. The Balaban J connectivity index is 1.74. The number of methoxy groups -OCH3 is 1. The molecule has 1 heterocycles. The molecule has 174 valence electrons. The smallest absolute Gasteiger partial charge is 0.322 e. The molecule has 7 nitrogen and oxygen atoms in total. The summed E-state index contributed by atoms with van der Waals surface area (Å²) >= 11 is 3.44. The second-order valence-corrected chi connectivity index (χ2v) is 8.35. The van der Waals surface area contributed by atoms with E-state index >= 15 is 0 Å². The lowest BCUT2D eigenvalue weighted by molar-refractivity contribution is -0.133. The summed E-state index contributed by atoms with van der Waals surface area (Å²) in [5.41, 5.74) is 1.64. The highest BCUT2D eigenvalue weighted by Crippen LogP contribution is 2.21. The molecule has 0 aliphatic heterocycles. The van der Waals surface area contributed by atoms with Gasteiger partial charge in [0.15, 0.2) is 0 Å². The molecule has 0 saturated carbocycles. The summed E-state index contributed by atoms with van der Waals surface area (Å²) in [5, 5.41) is 2.89. The standard InChI is InChI=1S/C25H28BrN3O4/c1-32-15-8-14-28(25(31)27-23-13-6-5-12-22(23)26)19-24(30)29(18-21-11-7-16-33-21)17-20-9-3-2-4-10-20/h2-7,9-13,16H,8,14-15,17-19H2,1H3,(H,27,31). The van der Waals surface area contributed by atoms with Crippen molar-refractivity contribution in [3.63, 3.8) is 0 Å². The number of benzene rings is 2. The monoisotopic (exact) mass is 513 g/mol. The number of amides is 3. The van der Waals surface area contributed by atoms with Crippen LogP contribution in [0.3, 0.4) is 0 Å². The molecule has 0 unspecified atom stereocenters. The maximum atomic E-state index is 13.4. The zero-order valence-electron chi connectivity index (χ0n) is 18.6. The average molecular weight is 514 g/mol. The van der Waals surface area contributed by atoms with Crippen LogP contribution in [0.2, 0.25) is 0 Å². The van der Waals surface area contributed by atoms with E-state index in [2.05, 4.69) is 21.2 Å². The van der Waals surface area contributed by atoms with Crippen molar-refractivity contribution in [2.75, 3.05) is 32.1 Å². The molecule has 0 aliphatic carbocycles. The van der Waals surface area contributed by atoms with Crippen molar-refractivity contribution >= 4 is 33.6 Å². The van der Waals surface area contributed by atoms with Crippen molar-refractivity contribution in [2.24, 2.45) is 0 Å². The van der Waals surface area contributed by atoms with E-state index in [4.69, 9.17) is 9.15 Å². The van der Waals surface area contributed by atoms with Crippen LogP contribution in [0.1, 0.15) is 17.7 Å². The number of para-hydroxylation sites is 1. The minimum Gasteiger partial charge on any atom is -0.467 e. The van der Waals surface area contributed by atoms with Crippen molar-refractivity contribution in [3.05, 3.63) is 88.8 Å². The van der Waals surface area contributed by atoms with Crippen LogP contribution in [-0.4, -0.2) is 48.5 Å². The number of hydrogen-bond acceptors (Lipinski definition) is 4. The molecule has 33 heavy (non-hydrogen) atoms. The van der Waals surface area contributed by atoms with Gasteiger partial charge in [-0.1, -0.05) is 42.5 Å². The number of anilines is 1. The van der Waals surface area contributed by atoms with Crippen molar-refractivity contribution in [2.45, 2.75) is 19.5 Å². The van der Waals surface area contributed by atoms with E-state index in [-0.39, 0.29) is 18.5 Å². The molecule has 3 rings (SSSR count). The minimum absolute atomic E-state index is 0.0620. The summed E-state index contributed by atoms with van der Waals surface area (Å²) in [6, 6.07) is 20.4. The van der Waals surface area contributed by atoms with E-state index in [1.165, 1.54) is 4.90 Å². The zero-order chi connectivity index (χ0) is 23.5. The van der Waals surface area contributed by atoms with Crippen LogP contribution in [0.25, 0.3) is 0 Å². The number of urea groups is 1. The van der Waals surface area contributed by atoms with Crippen LogP contribution in [0, 0.1) is 0 Å². The van der Waals surface area contributed by atoms with Crippen LogP contribution in [0.4, 0.5) is 10.5 Å². The van der Waals surface area contributed by atoms with E-state index in [1.54, 1.807) is 30.4 Å². The highest BCUT2D eigenvalue weighted by atomic mass is 79.9. The molecule has 3 amide bonds. The Morgan fingerprint density at radius 3 is 2.42 bits per heavy atom. The maximum Gasteiger partial charge on any atom is 0.322 e. The van der Waals surface area contributed by atoms with Gasteiger partial charge in [0.25, 0.3) is 0 Å². The molecule has 0 radical (unpaired) electrons. The minimum atomic E-state index is -0.344. The SMILES string of the molecule is COCCCN(CC(=O)N(Cc1ccccc1)Cc1ccco1)C(=O)Nc1ccccc1Br. The second-order valence-electron chi connectivity index (χ2n) is 7.49. The quantitative estimate of drug-likeness (QED) is 0.360. The topological polar surface area (TPSA) is 75.0 Å². The molecule has 2 aromatic carbocycles. The third-order valence-corrected chi connectivity index (χ3v) is 5.69. The molecular weight excluding hydrogens is 486 g/mol. The number of rotatable bonds is 11. The van der Waals surface area contributed by atoms with Crippen molar-refractivity contribution in [1.29, 1.82) is 0 Å². The predicted molar refractivity (Wildman–Crippen MR) is 131 cm³/mol. The first kappa shape index (κ1) is 24.5. The Labute approximate surface area is 202 Å². The van der Waals surface area contributed by atoms with E-state index in [1.807, 2.05) is 54.6 Å². The molecule has 0 aliphatic rings. The van der Waals surface area contributed by atoms with Crippen molar-refractivity contribution in [3.8, 4) is 0 Å². The maximum absolute atomic E-state index is 13.4. The fourth-order valence-corrected chi connectivity index (χ4v) is 3.68. The van der Waals surface area contributed by atoms with Crippen LogP contribution in [0.15, 0.2) is 81.9 Å². The van der Waals surface area contributed by atoms with Crippen LogP contribution < -0.4 is 5.32 Å². The van der Waals surface area contributed by atoms with Gasteiger partial charge in [0, 0.05) is 31.3 Å². The van der Waals surface area contributed by atoms with Gasteiger partial charge in [0.1, 0.15) is 12.3 Å². The summed E-state index contributed by atoms with van der Waals surface area (Å²) in [6.07, 6.45) is 2.20. The van der Waals surface area contributed by atoms with E-state index < -0.39 is 0 Å². The van der Waals surface area contributed by atoms with Gasteiger partial charge in [0.05, 0.1) is 18.5 Å². The van der Waals surface area contributed by atoms with Crippen LogP contribution in [0.5, 0.6) is 0 Å². The summed E-state index contributed by atoms with van der Waals surface area (Å²) in [5.74, 6) is 0.512. The first-order chi connectivity index (χ1) is 16.1. The molecule has 3 aromatic rings. The summed E-state index contributed by atoms with van der Waals surface area (Å²) in [7, 11) is 1.61. The average Bonchev–Trinajstić information content (AvgIpc) is 3.33. The molecule has 0 atom stereocenters. The van der Waals surface area contributed by atoms with Crippen molar-refractivity contribution in [1.82, 2.24) is 9.80 Å². The zero-order valence-corrected chi connectivity index (χ0v) is 20.2. The number of nitrogens with zero attached hydrogens (tertiary/aromatic N) is 2. The van der Waals surface area contributed by atoms with Gasteiger partial charge in [-0.3, -0.25) is 4.79 Å². The number of ether oxygens (including phenoxy) is 1. The predicted octanol–water partition coefficient (Wildman–Crippen LogP) is 5.14. The van der Waals surface area contributed by atoms with Gasteiger partial charge in [-0.15, -0.1) is 0 Å². The van der Waals surface area contributed by atoms with Gasteiger partial charge >= 0.3 is 6.03 Å². The van der Waals surface area contributed by atoms with Gasteiger partial charge in [-0.05, 0) is 52.2 Å². The largest absolute Gasteiger partial charge is 0.467 e. The van der Waals surface area contributed by atoms with Gasteiger partial charge in [-0.2, -0.15) is 0 Å². The molecule has 0 saturated heterocycles. The molecule has 1 N–H and O–H groups in total. The number of hydrogen-bond donors (Lipinski definition) is 1. The Kier molecular flexibility index (Phi) is 9.53. The van der Waals surface area contributed by atoms with E-state index in [9.17, 15) is 9.59 Å². The normalized spacial score (nSPS) is 10.6. The van der Waals surface area contributed by atoms with Gasteiger partial charge in [-0.25, -0.2) is 4.79 Å². The number of furan rings is 1. The lowest BCUT2D eigenvalue weighted by Gasteiger charge is -2.27. The third-order valence-electron chi connectivity index (χ3n) is 5.00. The molecule has 0 spiro atoms. The Hall–Kier alpha value is -3.10. The molecule has 0 bridgehead atoms. The van der Waals surface area contributed by atoms with Crippen LogP contribution >= 0.6 is 15.9 Å². The lowest BCUT2D eigenvalue weighted by atomic mass is 10.2. The second kappa shape index (κ2) is 12.8. The van der Waals surface area contributed by atoms with Gasteiger partial charge in [0.2, 0.25) is 5.91 Å². The highest BCUT2D eigenvalue weighted by molar-refractivity contribution is 9.10. The van der Waals surface area contributed by atoms with Crippen LogP contribution in [-0.2, 0) is 22.6 Å². The number of nitrogens with one attached hydrogen (secondary N) is 1. The molecule has 8 heteroatoms. The Morgan fingerprint density at radius 1 is 0.970 bits per heavy atom. The molecule has 1 aromatic heterocycles. The first-order valence-corrected chi connectivity index (χ1v) is 11.5. The first-order valence-electron chi connectivity index (χ1n) is 10.7. The van der Waals surface area contributed by atoms with E-state index in [0.29, 0.717) is 44.1 Å². The Bertz CT molecular complexity index is 1010. The number of carbonyl (C=O) groups excluding carboxylic acids is 2. The van der Waals surface area contributed by atoms with E-state index in [0.717, 1.165) is 10.0 Å². The molecule has 0 fully saturated rings. The lowest BCUT2D eigenvalue weighted by Crippen LogP contribution is -2.44. The number of halogens is 1. The number of carbonyl (C=O) groups is 2. The Morgan fingerprint density at radius 2 is 1.73 bits per heavy atom. The van der Waals surface area contributed by atoms with Crippen molar-refractivity contribution < 1.29 is 18.7 Å². The summed E-state index contributed by atoms with van der Waals surface area (Å²) in [4.78, 5) is 29.6. The highest BCUT2D eigenvalue weighted by Gasteiger charge is 2.23. The third kappa shape index (κ3) is 7.76.